The highest BCUT2D eigenvalue weighted by molar-refractivity contribution is 5.62. The molecule has 2 aromatic heterocycles. The molecule has 3 aliphatic rings. The van der Waals surface area contributed by atoms with Crippen molar-refractivity contribution in [3.63, 3.8) is 0 Å². The van der Waals surface area contributed by atoms with Gasteiger partial charge in [-0.15, -0.1) is 10.2 Å². The molecule has 1 N–H and O–H groups in total. The highest BCUT2D eigenvalue weighted by Gasteiger charge is 2.42. The van der Waals surface area contributed by atoms with Crippen molar-refractivity contribution in [3.8, 4) is 11.3 Å². The minimum absolute atomic E-state index is 0.0412. The van der Waals surface area contributed by atoms with Gasteiger partial charge in [-0.25, -0.2) is 0 Å². The van der Waals surface area contributed by atoms with Crippen LogP contribution in [0.1, 0.15) is 48.0 Å². The van der Waals surface area contributed by atoms with Crippen LogP contribution in [0.25, 0.3) is 11.3 Å². The van der Waals surface area contributed by atoms with E-state index >= 15 is 0 Å². The van der Waals surface area contributed by atoms with Gasteiger partial charge in [0.05, 0.1) is 11.3 Å². The summed E-state index contributed by atoms with van der Waals surface area (Å²) in [6, 6.07) is 6.16. The zero-order valence-corrected chi connectivity index (χ0v) is 19.5. The van der Waals surface area contributed by atoms with Gasteiger partial charge in [0, 0.05) is 46.7 Å². The van der Waals surface area contributed by atoms with E-state index in [9.17, 15) is 13.2 Å². The number of anilines is 1. The number of fused-ring (bicyclic) bond motifs is 1. The molecule has 2 aromatic rings. The Morgan fingerprint density at radius 1 is 1.18 bits per heavy atom. The first-order valence-corrected chi connectivity index (χ1v) is 11.9. The fraction of sp³-hybridized carbons (Fsp3) is 0.640. The molecule has 0 spiro atoms. The highest BCUT2D eigenvalue weighted by atomic mass is 19.4. The lowest BCUT2D eigenvalue weighted by atomic mass is 9.88. The minimum atomic E-state index is -4.57. The second kappa shape index (κ2) is 9.07. The lowest BCUT2D eigenvalue weighted by Crippen LogP contribution is -2.39. The van der Waals surface area contributed by atoms with E-state index < -0.39 is 18.4 Å². The first-order valence-electron chi connectivity index (χ1n) is 12.9. The maximum atomic E-state index is 13.3. The Bertz CT molecular complexity index is 1070. The van der Waals surface area contributed by atoms with E-state index in [-0.39, 0.29) is 28.8 Å². The zero-order valence-electron chi connectivity index (χ0n) is 21.5. The lowest BCUT2D eigenvalue weighted by Gasteiger charge is -2.37. The number of alkyl halides is 3. The molecule has 3 atom stereocenters. The summed E-state index contributed by atoms with van der Waals surface area (Å²) in [5, 5.41) is 11.5. The standard InChI is InChI=1S/C25H32F3N5O/c1-24(2)12-16(7-9-34-24)13-33-14-17-10-19(11-18(17)15-33)30-22-6-5-21(31-32-22)20-4-3-8-29-23(20)25(26,27)28/h3-6,8,16-19H,7,9-15H2,1-2H3,(H,30,32)/i13D2. The lowest BCUT2D eigenvalue weighted by molar-refractivity contribution is -0.140. The molecule has 0 bridgehead atoms. The SMILES string of the molecule is [2H]C([2H])(C1CCOC(C)(C)C1)N1CC2CC(Nc3ccc(-c4cccnc4C(F)(F)F)nn3)CC2C1. The Morgan fingerprint density at radius 2 is 1.94 bits per heavy atom. The minimum Gasteiger partial charge on any atom is -0.376 e. The molecule has 0 amide bonds. The topological polar surface area (TPSA) is 63.2 Å². The van der Waals surface area contributed by atoms with E-state index in [1.165, 1.54) is 18.2 Å². The fourth-order valence-electron chi connectivity index (χ4n) is 5.72. The Balaban J connectivity index is 1.19. The maximum Gasteiger partial charge on any atom is 0.434 e. The summed E-state index contributed by atoms with van der Waals surface area (Å²) < 4.78 is 63.4. The van der Waals surface area contributed by atoms with E-state index in [1.807, 2.05) is 18.7 Å². The summed E-state index contributed by atoms with van der Waals surface area (Å²) in [4.78, 5) is 5.51. The molecule has 3 unspecified atom stereocenters. The maximum absolute atomic E-state index is 13.3. The molecule has 9 heteroatoms. The van der Waals surface area contributed by atoms with Crippen molar-refractivity contribution in [2.24, 2.45) is 17.8 Å². The van der Waals surface area contributed by atoms with Gasteiger partial charge in [0.25, 0.3) is 0 Å². The van der Waals surface area contributed by atoms with Crippen LogP contribution in [0.15, 0.2) is 30.5 Å². The van der Waals surface area contributed by atoms with E-state index in [4.69, 9.17) is 7.48 Å². The largest absolute Gasteiger partial charge is 0.434 e. The number of nitrogens with one attached hydrogen (secondary N) is 1. The van der Waals surface area contributed by atoms with Gasteiger partial charge in [0.15, 0.2) is 5.69 Å². The Kier molecular flexibility index (Phi) is 5.62. The average Bonchev–Trinajstić information content (AvgIpc) is 3.38. The smallest absolute Gasteiger partial charge is 0.376 e. The fourth-order valence-corrected chi connectivity index (χ4v) is 5.72. The van der Waals surface area contributed by atoms with Gasteiger partial charge >= 0.3 is 6.18 Å². The van der Waals surface area contributed by atoms with Crippen LogP contribution >= 0.6 is 0 Å². The molecule has 3 fully saturated rings. The number of hydrogen-bond donors (Lipinski definition) is 1. The number of pyridine rings is 1. The Labute approximate surface area is 201 Å². The predicted octanol–water partition coefficient (Wildman–Crippen LogP) is 4.88. The third-order valence-corrected chi connectivity index (χ3v) is 7.18. The van der Waals surface area contributed by atoms with Crippen LogP contribution in [-0.4, -0.2) is 57.9 Å². The first-order chi connectivity index (χ1) is 16.9. The predicted molar refractivity (Wildman–Crippen MR) is 123 cm³/mol. The molecule has 2 aliphatic heterocycles. The van der Waals surface area contributed by atoms with Crippen molar-refractivity contribution < 1.29 is 20.6 Å². The van der Waals surface area contributed by atoms with Gasteiger partial charge in [-0.2, -0.15) is 13.2 Å². The number of nitrogens with zero attached hydrogens (tertiary/aromatic N) is 4. The summed E-state index contributed by atoms with van der Waals surface area (Å²) >= 11 is 0. The zero-order chi connectivity index (χ0) is 25.7. The molecule has 1 aliphatic carbocycles. The summed E-state index contributed by atoms with van der Waals surface area (Å²) in [6.07, 6.45) is -0.189. The summed E-state index contributed by atoms with van der Waals surface area (Å²) in [5.41, 5.74) is -1.24. The second-order valence-corrected chi connectivity index (χ2v) is 10.4. The summed E-state index contributed by atoms with van der Waals surface area (Å²) in [5.74, 6) is 1.29. The number of likely N-dealkylation sites (tertiary alicyclic amines) is 1. The number of ether oxygens (including phenoxy) is 1. The molecule has 1 saturated carbocycles. The normalized spacial score (nSPS) is 30.5. The van der Waals surface area contributed by atoms with Gasteiger partial charge in [-0.3, -0.25) is 4.98 Å². The van der Waals surface area contributed by atoms with E-state index in [1.54, 1.807) is 6.07 Å². The van der Waals surface area contributed by atoms with Crippen molar-refractivity contribution in [3.05, 3.63) is 36.2 Å². The number of rotatable bonds is 5. The van der Waals surface area contributed by atoms with E-state index in [0.717, 1.165) is 38.5 Å². The highest BCUT2D eigenvalue weighted by Crippen LogP contribution is 2.40. The van der Waals surface area contributed by atoms with Crippen LogP contribution in [0, 0.1) is 17.8 Å². The van der Waals surface area contributed by atoms with Gasteiger partial charge < -0.3 is 15.0 Å². The van der Waals surface area contributed by atoms with Gasteiger partial charge in [0.1, 0.15) is 5.82 Å². The number of hydrogen-bond acceptors (Lipinski definition) is 6. The van der Waals surface area contributed by atoms with E-state index in [2.05, 4.69) is 20.5 Å². The molecule has 5 rings (SSSR count). The van der Waals surface area contributed by atoms with Crippen LogP contribution in [0.5, 0.6) is 0 Å². The number of halogens is 3. The van der Waals surface area contributed by atoms with Crippen LogP contribution in [0.4, 0.5) is 19.0 Å². The van der Waals surface area contributed by atoms with Crippen molar-refractivity contribution >= 4 is 5.82 Å². The third kappa shape index (κ3) is 5.20. The summed E-state index contributed by atoms with van der Waals surface area (Å²) in [6.45, 7) is 4.79. The molecule has 0 radical (unpaired) electrons. The summed E-state index contributed by atoms with van der Waals surface area (Å²) in [7, 11) is 0. The molecule has 184 valence electrons. The van der Waals surface area contributed by atoms with Crippen molar-refractivity contribution in [1.29, 1.82) is 0 Å². The molecule has 34 heavy (non-hydrogen) atoms. The van der Waals surface area contributed by atoms with Crippen molar-refractivity contribution in [2.45, 2.75) is 57.3 Å². The van der Waals surface area contributed by atoms with Crippen LogP contribution in [0.2, 0.25) is 0 Å². The van der Waals surface area contributed by atoms with Crippen LogP contribution < -0.4 is 5.32 Å². The molecular weight excluding hydrogens is 443 g/mol. The monoisotopic (exact) mass is 477 g/mol. The Hall–Kier alpha value is -2.26. The van der Waals surface area contributed by atoms with Gasteiger partial charge in [0.2, 0.25) is 0 Å². The molecule has 2 saturated heterocycles. The third-order valence-electron chi connectivity index (χ3n) is 7.18. The van der Waals surface area contributed by atoms with Crippen molar-refractivity contribution in [2.75, 3.05) is 31.5 Å². The van der Waals surface area contributed by atoms with E-state index in [0.29, 0.717) is 30.7 Å². The average molecular weight is 478 g/mol. The molecule has 4 heterocycles. The van der Waals surface area contributed by atoms with Crippen LogP contribution in [-0.2, 0) is 10.9 Å². The molecular formula is C25H32F3N5O. The van der Waals surface area contributed by atoms with Crippen molar-refractivity contribution in [1.82, 2.24) is 20.1 Å². The molecule has 6 nitrogen and oxygen atoms in total. The number of aromatic nitrogens is 3. The first kappa shape index (κ1) is 21.1. The van der Waals surface area contributed by atoms with Gasteiger partial charge in [-0.05, 0) is 81.5 Å². The Morgan fingerprint density at radius 3 is 2.59 bits per heavy atom. The second-order valence-electron chi connectivity index (χ2n) is 10.4. The quantitative estimate of drug-likeness (QED) is 0.662. The molecule has 0 aromatic carbocycles. The van der Waals surface area contributed by atoms with Gasteiger partial charge in [-0.1, -0.05) is 0 Å². The van der Waals surface area contributed by atoms with Crippen LogP contribution in [0.3, 0.4) is 0 Å².